The maximum Gasteiger partial charge on any atom is 0.163 e. The number of rotatable bonds is 3. The Hall–Kier alpha value is -2.01. The summed E-state index contributed by atoms with van der Waals surface area (Å²) in [7, 11) is 0. The van der Waals surface area contributed by atoms with E-state index in [4.69, 9.17) is 21.1 Å². The number of anilines is 2. The molecule has 1 aromatic carbocycles. The summed E-state index contributed by atoms with van der Waals surface area (Å²) in [6.07, 6.45) is 3.10. The van der Waals surface area contributed by atoms with Crippen LogP contribution in [0.5, 0.6) is 11.5 Å². The Bertz CT molecular complexity index is 649. The van der Waals surface area contributed by atoms with Crippen molar-refractivity contribution in [3.05, 3.63) is 35.2 Å². The van der Waals surface area contributed by atoms with Gasteiger partial charge in [-0.3, -0.25) is 0 Å². The van der Waals surface area contributed by atoms with Gasteiger partial charge in [0.1, 0.15) is 17.3 Å². The van der Waals surface area contributed by atoms with E-state index in [9.17, 15) is 0 Å². The lowest BCUT2D eigenvalue weighted by atomic mass is 10.2. The van der Waals surface area contributed by atoms with E-state index in [0.717, 1.165) is 35.6 Å². The molecule has 0 bridgehead atoms. The van der Waals surface area contributed by atoms with Gasteiger partial charge < -0.3 is 14.8 Å². The largest absolute Gasteiger partial charge is 0.490 e. The van der Waals surface area contributed by atoms with Gasteiger partial charge in [0.2, 0.25) is 0 Å². The monoisotopic (exact) mass is 305 g/mol. The van der Waals surface area contributed by atoms with Crippen LogP contribution in [0.4, 0.5) is 11.5 Å². The molecule has 0 atom stereocenters. The molecule has 0 amide bonds. The molecule has 0 radical (unpaired) electrons. The molecule has 1 N–H and O–H groups in total. The molecule has 1 aromatic heterocycles. The zero-order chi connectivity index (χ0) is 14.7. The third kappa shape index (κ3) is 3.03. The first-order valence-electron chi connectivity index (χ1n) is 6.94. The van der Waals surface area contributed by atoms with Gasteiger partial charge in [-0.05, 0) is 18.6 Å². The summed E-state index contributed by atoms with van der Waals surface area (Å²) in [5.41, 5.74) is 1.77. The molecular formula is C15H16ClN3O2. The second-order valence-electron chi connectivity index (χ2n) is 4.68. The van der Waals surface area contributed by atoms with E-state index >= 15 is 0 Å². The molecule has 2 heterocycles. The molecule has 6 heteroatoms. The van der Waals surface area contributed by atoms with Crippen molar-refractivity contribution in [3.63, 3.8) is 0 Å². The van der Waals surface area contributed by atoms with Crippen molar-refractivity contribution in [1.82, 2.24) is 9.97 Å². The van der Waals surface area contributed by atoms with Crippen LogP contribution in [-0.2, 0) is 6.42 Å². The van der Waals surface area contributed by atoms with Crippen LogP contribution in [0.2, 0.25) is 5.15 Å². The van der Waals surface area contributed by atoms with Crippen molar-refractivity contribution in [2.75, 3.05) is 18.5 Å². The summed E-state index contributed by atoms with van der Waals surface area (Å²) in [6, 6.07) is 5.75. The highest BCUT2D eigenvalue weighted by molar-refractivity contribution is 6.30. The standard InChI is InChI=1S/C15H16ClN3O2/c1-2-11-14(16)17-9-18-15(11)19-10-4-5-12-13(8-10)21-7-3-6-20-12/h4-5,8-9H,2-3,6-7H2,1H3,(H,17,18,19). The minimum atomic E-state index is 0.476. The van der Waals surface area contributed by atoms with Crippen molar-refractivity contribution in [3.8, 4) is 11.5 Å². The third-order valence-electron chi connectivity index (χ3n) is 3.26. The summed E-state index contributed by atoms with van der Waals surface area (Å²) in [4.78, 5) is 8.26. The number of nitrogens with one attached hydrogen (secondary N) is 1. The first-order valence-corrected chi connectivity index (χ1v) is 7.31. The second kappa shape index (κ2) is 6.18. The van der Waals surface area contributed by atoms with E-state index in [1.807, 2.05) is 25.1 Å². The highest BCUT2D eigenvalue weighted by atomic mass is 35.5. The molecule has 21 heavy (non-hydrogen) atoms. The summed E-state index contributed by atoms with van der Waals surface area (Å²) < 4.78 is 11.3. The molecular weight excluding hydrogens is 290 g/mol. The minimum Gasteiger partial charge on any atom is -0.490 e. The van der Waals surface area contributed by atoms with Crippen LogP contribution in [0.15, 0.2) is 24.5 Å². The Morgan fingerprint density at radius 1 is 1.19 bits per heavy atom. The molecule has 2 aromatic rings. The number of benzene rings is 1. The van der Waals surface area contributed by atoms with Crippen LogP contribution < -0.4 is 14.8 Å². The van der Waals surface area contributed by atoms with Crippen molar-refractivity contribution >= 4 is 23.1 Å². The van der Waals surface area contributed by atoms with E-state index in [-0.39, 0.29) is 0 Å². The Labute approximate surface area is 128 Å². The fraction of sp³-hybridized carbons (Fsp3) is 0.333. The average molecular weight is 306 g/mol. The summed E-state index contributed by atoms with van der Waals surface area (Å²) in [5.74, 6) is 2.23. The van der Waals surface area contributed by atoms with Gasteiger partial charge in [0, 0.05) is 23.7 Å². The highest BCUT2D eigenvalue weighted by Gasteiger charge is 2.12. The summed E-state index contributed by atoms with van der Waals surface area (Å²) >= 11 is 6.10. The van der Waals surface area contributed by atoms with E-state index in [0.29, 0.717) is 24.2 Å². The number of nitrogens with zero attached hydrogens (tertiary/aromatic N) is 2. The topological polar surface area (TPSA) is 56.3 Å². The van der Waals surface area contributed by atoms with Gasteiger partial charge in [-0.1, -0.05) is 18.5 Å². The molecule has 0 spiro atoms. The molecule has 1 aliphatic rings. The number of halogens is 1. The molecule has 3 rings (SSSR count). The van der Waals surface area contributed by atoms with Crippen LogP contribution in [-0.4, -0.2) is 23.2 Å². The predicted molar refractivity (Wildman–Crippen MR) is 81.8 cm³/mol. The molecule has 0 fully saturated rings. The summed E-state index contributed by atoms with van der Waals surface area (Å²) in [6.45, 7) is 3.36. The lowest BCUT2D eigenvalue weighted by molar-refractivity contribution is 0.297. The molecule has 0 saturated heterocycles. The average Bonchev–Trinajstić information content (AvgIpc) is 2.72. The molecule has 0 saturated carbocycles. The smallest absolute Gasteiger partial charge is 0.163 e. The fourth-order valence-electron chi connectivity index (χ4n) is 2.19. The maximum absolute atomic E-state index is 6.10. The molecule has 0 unspecified atom stereocenters. The van der Waals surface area contributed by atoms with Crippen molar-refractivity contribution in [2.45, 2.75) is 19.8 Å². The highest BCUT2D eigenvalue weighted by Crippen LogP contribution is 2.33. The van der Waals surface area contributed by atoms with E-state index in [1.54, 1.807) is 0 Å². The number of ether oxygens (including phenoxy) is 2. The zero-order valence-electron chi connectivity index (χ0n) is 11.7. The SMILES string of the molecule is CCc1c(Cl)ncnc1Nc1ccc2c(c1)OCCCO2. The number of aromatic nitrogens is 2. The van der Waals surface area contributed by atoms with E-state index in [2.05, 4.69) is 15.3 Å². The Morgan fingerprint density at radius 2 is 2.00 bits per heavy atom. The Kier molecular flexibility index (Phi) is 4.10. The fourth-order valence-corrected chi connectivity index (χ4v) is 2.46. The van der Waals surface area contributed by atoms with Gasteiger partial charge in [0.25, 0.3) is 0 Å². The van der Waals surface area contributed by atoms with Gasteiger partial charge in [0.05, 0.1) is 13.2 Å². The second-order valence-corrected chi connectivity index (χ2v) is 5.04. The van der Waals surface area contributed by atoms with E-state index < -0.39 is 0 Å². The van der Waals surface area contributed by atoms with Crippen LogP contribution in [0, 0.1) is 0 Å². The molecule has 5 nitrogen and oxygen atoms in total. The Balaban J connectivity index is 1.89. The lowest BCUT2D eigenvalue weighted by Gasteiger charge is -2.13. The van der Waals surface area contributed by atoms with Gasteiger partial charge in [0.15, 0.2) is 11.5 Å². The van der Waals surface area contributed by atoms with Crippen molar-refractivity contribution in [2.24, 2.45) is 0 Å². The molecule has 110 valence electrons. The van der Waals surface area contributed by atoms with Gasteiger partial charge in [-0.2, -0.15) is 0 Å². The van der Waals surface area contributed by atoms with Gasteiger partial charge >= 0.3 is 0 Å². The quantitative estimate of drug-likeness (QED) is 0.878. The number of hydrogen-bond donors (Lipinski definition) is 1. The first-order chi connectivity index (χ1) is 10.3. The summed E-state index contributed by atoms with van der Waals surface area (Å²) in [5, 5.41) is 3.74. The molecule has 0 aliphatic carbocycles. The zero-order valence-corrected chi connectivity index (χ0v) is 12.5. The van der Waals surface area contributed by atoms with Crippen molar-refractivity contribution in [1.29, 1.82) is 0 Å². The van der Waals surface area contributed by atoms with Crippen LogP contribution in [0.25, 0.3) is 0 Å². The lowest BCUT2D eigenvalue weighted by Crippen LogP contribution is -2.01. The normalized spacial score (nSPS) is 13.6. The van der Waals surface area contributed by atoms with Crippen LogP contribution >= 0.6 is 11.6 Å². The van der Waals surface area contributed by atoms with E-state index in [1.165, 1.54) is 6.33 Å². The minimum absolute atomic E-state index is 0.476. The molecule has 1 aliphatic heterocycles. The van der Waals surface area contributed by atoms with Gasteiger partial charge in [-0.25, -0.2) is 9.97 Å². The third-order valence-corrected chi connectivity index (χ3v) is 3.58. The Morgan fingerprint density at radius 3 is 2.81 bits per heavy atom. The van der Waals surface area contributed by atoms with Crippen molar-refractivity contribution < 1.29 is 9.47 Å². The van der Waals surface area contributed by atoms with Gasteiger partial charge in [-0.15, -0.1) is 0 Å². The van der Waals surface area contributed by atoms with Crippen LogP contribution in [0.3, 0.4) is 0 Å². The maximum atomic E-state index is 6.10. The number of hydrogen-bond acceptors (Lipinski definition) is 5. The predicted octanol–water partition coefficient (Wildman–Crippen LogP) is 3.60. The van der Waals surface area contributed by atoms with Crippen LogP contribution in [0.1, 0.15) is 18.9 Å². The first kappa shape index (κ1) is 13.9. The number of fused-ring (bicyclic) bond motifs is 1.